The van der Waals surface area contributed by atoms with Crippen LogP contribution in [0.5, 0.6) is 0 Å². The minimum Gasteiger partial charge on any atom is -0.336 e. The van der Waals surface area contributed by atoms with E-state index in [1.165, 1.54) is 11.1 Å². The molecule has 1 saturated heterocycles. The van der Waals surface area contributed by atoms with Gasteiger partial charge in [-0.15, -0.1) is 0 Å². The Bertz CT molecular complexity index is 1270. The maximum absolute atomic E-state index is 13.1. The van der Waals surface area contributed by atoms with Gasteiger partial charge in [-0.05, 0) is 30.3 Å². The lowest BCUT2D eigenvalue weighted by atomic mass is 10.1. The van der Waals surface area contributed by atoms with Gasteiger partial charge in [0.25, 0.3) is 5.91 Å². The molecule has 7 nitrogen and oxygen atoms in total. The second-order valence-corrected chi connectivity index (χ2v) is 9.76. The predicted molar refractivity (Wildman–Crippen MR) is 115 cm³/mol. The predicted octanol–water partition coefficient (Wildman–Crippen LogP) is 3.90. The Morgan fingerprint density at radius 2 is 1.70 bits per heavy atom. The van der Waals surface area contributed by atoms with E-state index >= 15 is 0 Å². The summed E-state index contributed by atoms with van der Waals surface area (Å²) in [6.07, 6.45) is -3.25. The van der Waals surface area contributed by atoms with Gasteiger partial charge in [0.05, 0.1) is 27.9 Å². The van der Waals surface area contributed by atoms with E-state index in [2.05, 4.69) is 10.2 Å². The van der Waals surface area contributed by atoms with Crippen LogP contribution in [0.4, 0.5) is 13.2 Å². The SMILES string of the molecule is O=C(c1cn[nH]c1-c1ccc(Cl)cc1)N1CCN(S(=O)(=O)c2cccc(C(F)(F)F)c2)CC1. The number of aromatic nitrogens is 2. The number of hydrogen-bond acceptors (Lipinski definition) is 4. The Morgan fingerprint density at radius 1 is 1.03 bits per heavy atom. The first kappa shape index (κ1) is 23.3. The van der Waals surface area contributed by atoms with E-state index < -0.39 is 26.7 Å². The zero-order chi connectivity index (χ0) is 23.8. The molecule has 0 aliphatic carbocycles. The van der Waals surface area contributed by atoms with Crippen LogP contribution in [-0.2, 0) is 16.2 Å². The summed E-state index contributed by atoms with van der Waals surface area (Å²) in [5, 5.41) is 7.30. The molecule has 1 aliphatic heterocycles. The van der Waals surface area contributed by atoms with Crippen LogP contribution in [0.25, 0.3) is 11.3 Å². The first-order valence-corrected chi connectivity index (χ1v) is 11.6. The summed E-state index contributed by atoms with van der Waals surface area (Å²) in [5.41, 5.74) is 0.514. The number of halogens is 4. The highest BCUT2D eigenvalue weighted by Crippen LogP contribution is 2.31. The van der Waals surface area contributed by atoms with Crippen molar-refractivity contribution in [2.75, 3.05) is 26.2 Å². The second-order valence-electron chi connectivity index (χ2n) is 7.39. The van der Waals surface area contributed by atoms with E-state index in [4.69, 9.17) is 11.6 Å². The molecule has 1 fully saturated rings. The number of amides is 1. The van der Waals surface area contributed by atoms with Gasteiger partial charge in [0.1, 0.15) is 0 Å². The van der Waals surface area contributed by atoms with Gasteiger partial charge >= 0.3 is 6.18 Å². The standard InChI is InChI=1S/C21H18ClF3N4O3S/c22-16-6-4-14(5-7-16)19-18(13-26-27-19)20(30)28-8-10-29(11-9-28)33(31,32)17-3-1-2-15(12-17)21(23,24)25/h1-7,12-13H,8-11H2,(H,26,27). The molecule has 4 rings (SSSR count). The van der Waals surface area contributed by atoms with Crippen molar-refractivity contribution in [2.45, 2.75) is 11.1 Å². The molecule has 174 valence electrons. The van der Waals surface area contributed by atoms with Gasteiger partial charge in [-0.2, -0.15) is 22.6 Å². The number of aromatic amines is 1. The van der Waals surface area contributed by atoms with Gasteiger partial charge in [-0.25, -0.2) is 8.42 Å². The fraction of sp³-hybridized carbons (Fsp3) is 0.238. The minimum absolute atomic E-state index is 0.0432. The van der Waals surface area contributed by atoms with Gasteiger partial charge in [0, 0.05) is 36.8 Å². The maximum Gasteiger partial charge on any atom is 0.416 e. The van der Waals surface area contributed by atoms with Crippen molar-refractivity contribution in [2.24, 2.45) is 0 Å². The van der Waals surface area contributed by atoms with Crippen LogP contribution < -0.4 is 0 Å². The van der Waals surface area contributed by atoms with Crippen molar-refractivity contribution < 1.29 is 26.4 Å². The van der Waals surface area contributed by atoms with E-state index in [1.807, 2.05) is 0 Å². The van der Waals surface area contributed by atoms with Crippen LogP contribution in [0.2, 0.25) is 5.02 Å². The Balaban J connectivity index is 1.48. The number of carbonyl (C=O) groups is 1. The molecule has 3 aromatic rings. The molecule has 0 bridgehead atoms. The van der Waals surface area contributed by atoms with E-state index in [0.717, 1.165) is 22.5 Å². The van der Waals surface area contributed by atoms with Crippen molar-refractivity contribution in [3.8, 4) is 11.3 Å². The molecule has 0 spiro atoms. The Hall–Kier alpha value is -2.89. The van der Waals surface area contributed by atoms with Crippen LogP contribution in [-0.4, -0.2) is 59.9 Å². The summed E-state index contributed by atoms with van der Waals surface area (Å²) >= 11 is 5.91. The van der Waals surface area contributed by atoms with Gasteiger partial charge in [0.15, 0.2) is 0 Å². The summed E-state index contributed by atoms with van der Waals surface area (Å²) in [4.78, 5) is 14.1. The van der Waals surface area contributed by atoms with Crippen LogP contribution in [0.1, 0.15) is 15.9 Å². The molecule has 12 heteroatoms. The number of carbonyl (C=O) groups excluding carboxylic acids is 1. The minimum atomic E-state index is -4.65. The summed E-state index contributed by atoms with van der Waals surface area (Å²) in [7, 11) is -4.14. The number of rotatable bonds is 4. The molecule has 0 saturated carbocycles. The normalized spacial score (nSPS) is 15.6. The van der Waals surface area contributed by atoms with Crippen LogP contribution in [0, 0.1) is 0 Å². The third-order valence-electron chi connectivity index (χ3n) is 5.33. The number of sulfonamides is 1. The van der Waals surface area contributed by atoms with E-state index in [1.54, 1.807) is 24.3 Å². The molecular weight excluding hydrogens is 481 g/mol. The number of piperazine rings is 1. The lowest BCUT2D eigenvalue weighted by molar-refractivity contribution is -0.137. The molecule has 2 aromatic carbocycles. The number of benzene rings is 2. The number of H-pyrrole nitrogens is 1. The highest BCUT2D eigenvalue weighted by molar-refractivity contribution is 7.89. The molecule has 1 N–H and O–H groups in total. The van der Waals surface area contributed by atoms with E-state index in [0.29, 0.717) is 27.9 Å². The molecule has 1 aliphatic rings. The quantitative estimate of drug-likeness (QED) is 0.591. The summed E-state index contributed by atoms with van der Waals surface area (Å²) in [5.74, 6) is -0.329. The number of nitrogens with one attached hydrogen (secondary N) is 1. The third kappa shape index (κ3) is 4.75. The second kappa shape index (κ2) is 8.81. The van der Waals surface area contributed by atoms with Crippen molar-refractivity contribution in [3.05, 3.63) is 70.9 Å². The number of alkyl halides is 3. The number of nitrogens with zero attached hydrogens (tertiary/aromatic N) is 3. The van der Waals surface area contributed by atoms with Crippen molar-refractivity contribution >= 4 is 27.5 Å². The van der Waals surface area contributed by atoms with Crippen LogP contribution >= 0.6 is 11.6 Å². The van der Waals surface area contributed by atoms with Gasteiger partial charge in [0.2, 0.25) is 10.0 Å². The van der Waals surface area contributed by atoms with Gasteiger partial charge in [-0.1, -0.05) is 29.8 Å². The fourth-order valence-corrected chi connectivity index (χ4v) is 5.16. The van der Waals surface area contributed by atoms with E-state index in [9.17, 15) is 26.4 Å². The zero-order valence-electron chi connectivity index (χ0n) is 17.0. The first-order valence-electron chi connectivity index (χ1n) is 9.83. The molecule has 0 radical (unpaired) electrons. The fourth-order valence-electron chi connectivity index (χ4n) is 3.57. The topological polar surface area (TPSA) is 86.4 Å². The average molecular weight is 499 g/mol. The van der Waals surface area contributed by atoms with Gasteiger partial charge in [-0.3, -0.25) is 9.89 Å². The first-order chi connectivity index (χ1) is 15.6. The molecule has 0 unspecified atom stereocenters. The monoisotopic (exact) mass is 498 g/mol. The highest BCUT2D eigenvalue weighted by atomic mass is 35.5. The van der Waals surface area contributed by atoms with Crippen molar-refractivity contribution in [1.29, 1.82) is 0 Å². The largest absolute Gasteiger partial charge is 0.416 e. The average Bonchev–Trinajstić information content (AvgIpc) is 3.28. The third-order valence-corrected chi connectivity index (χ3v) is 7.47. The smallest absolute Gasteiger partial charge is 0.336 e. The Labute approximate surface area is 192 Å². The van der Waals surface area contributed by atoms with Crippen LogP contribution in [0.3, 0.4) is 0 Å². The molecule has 2 heterocycles. The maximum atomic E-state index is 13.1. The Morgan fingerprint density at radius 3 is 2.33 bits per heavy atom. The Kier molecular flexibility index (Phi) is 6.21. The van der Waals surface area contributed by atoms with E-state index in [-0.39, 0.29) is 32.1 Å². The van der Waals surface area contributed by atoms with Crippen molar-refractivity contribution in [1.82, 2.24) is 19.4 Å². The summed E-state index contributed by atoms with van der Waals surface area (Å²) < 4.78 is 65.8. The molecule has 33 heavy (non-hydrogen) atoms. The summed E-state index contributed by atoms with van der Waals surface area (Å²) in [6.45, 7) is 0.0847. The number of hydrogen-bond donors (Lipinski definition) is 1. The zero-order valence-corrected chi connectivity index (χ0v) is 18.6. The highest BCUT2D eigenvalue weighted by Gasteiger charge is 2.35. The van der Waals surface area contributed by atoms with Crippen LogP contribution in [0.15, 0.2) is 59.6 Å². The lowest BCUT2D eigenvalue weighted by Gasteiger charge is -2.34. The summed E-state index contributed by atoms with van der Waals surface area (Å²) in [6, 6.07) is 10.5. The molecular formula is C21H18ClF3N4O3S. The lowest BCUT2D eigenvalue weighted by Crippen LogP contribution is -2.50. The molecule has 1 aromatic heterocycles. The van der Waals surface area contributed by atoms with Gasteiger partial charge < -0.3 is 4.90 Å². The van der Waals surface area contributed by atoms with Crippen molar-refractivity contribution in [3.63, 3.8) is 0 Å². The molecule has 1 amide bonds. The molecule has 0 atom stereocenters.